The van der Waals surface area contributed by atoms with E-state index in [9.17, 15) is 0 Å². The molecule has 2 heterocycles. The third kappa shape index (κ3) is 4.59. The van der Waals surface area contributed by atoms with E-state index in [0.29, 0.717) is 12.6 Å². The minimum Gasteiger partial charge on any atom is -0.497 e. The van der Waals surface area contributed by atoms with Crippen LogP contribution in [-0.4, -0.2) is 42.6 Å². The molecule has 4 saturated carbocycles. The molecule has 192 valence electrons. The van der Waals surface area contributed by atoms with E-state index in [2.05, 4.69) is 17.0 Å². The number of hydrogen-bond donors (Lipinski definition) is 1. The Morgan fingerprint density at radius 2 is 1.69 bits per heavy atom. The Morgan fingerprint density at radius 1 is 1.03 bits per heavy atom. The molecule has 4 bridgehead atoms. The molecule has 5 aliphatic rings. The molecule has 5 nitrogen and oxygen atoms in total. The SMILES string of the molecule is COc1cc(OC)cc(-c2cc(CCCN)c(C=C3CN(C4C5CC6CC(C5)CC4C6)C(=S)S3)o2)c1. The Labute approximate surface area is 223 Å². The van der Waals surface area contributed by atoms with Crippen LogP contribution in [-0.2, 0) is 6.42 Å². The molecule has 7 heteroatoms. The number of methoxy groups -OCH3 is 2. The van der Waals surface area contributed by atoms with E-state index in [1.54, 1.807) is 26.0 Å². The Bertz CT molecular complexity index is 1120. The number of nitrogens with two attached hydrogens (primary N) is 1. The predicted octanol–water partition coefficient (Wildman–Crippen LogP) is 6.35. The van der Waals surface area contributed by atoms with Gasteiger partial charge in [-0.15, -0.1) is 0 Å². The van der Waals surface area contributed by atoms with Crippen LogP contribution in [0.2, 0.25) is 0 Å². The Hall–Kier alpha value is -1.96. The summed E-state index contributed by atoms with van der Waals surface area (Å²) in [6.45, 7) is 1.57. The van der Waals surface area contributed by atoms with Gasteiger partial charge in [-0.3, -0.25) is 0 Å². The van der Waals surface area contributed by atoms with Gasteiger partial charge in [-0.1, -0.05) is 24.0 Å². The lowest BCUT2D eigenvalue weighted by molar-refractivity contribution is -0.0401. The molecule has 0 radical (unpaired) electrons. The normalized spacial score (nSPS) is 30.0. The fourth-order valence-corrected chi connectivity index (χ4v) is 8.84. The maximum absolute atomic E-state index is 6.47. The minimum atomic E-state index is 0.636. The highest BCUT2D eigenvalue weighted by Gasteiger charge is 2.51. The third-order valence-corrected chi connectivity index (χ3v) is 10.1. The first-order valence-corrected chi connectivity index (χ1v) is 14.5. The summed E-state index contributed by atoms with van der Waals surface area (Å²) in [4.78, 5) is 3.85. The Morgan fingerprint density at radius 3 is 2.31 bits per heavy atom. The smallest absolute Gasteiger partial charge is 0.141 e. The van der Waals surface area contributed by atoms with Crippen LogP contribution in [0.3, 0.4) is 0 Å². The van der Waals surface area contributed by atoms with Crippen molar-refractivity contribution in [2.45, 2.75) is 51.0 Å². The van der Waals surface area contributed by atoms with Crippen molar-refractivity contribution < 1.29 is 13.9 Å². The zero-order valence-electron chi connectivity index (χ0n) is 21.2. The van der Waals surface area contributed by atoms with Crippen LogP contribution in [0.4, 0.5) is 0 Å². The van der Waals surface area contributed by atoms with E-state index in [4.69, 9.17) is 31.8 Å². The number of benzene rings is 1. The van der Waals surface area contributed by atoms with Gasteiger partial charge in [0.05, 0.1) is 20.8 Å². The van der Waals surface area contributed by atoms with Crippen LogP contribution < -0.4 is 15.2 Å². The maximum Gasteiger partial charge on any atom is 0.141 e. The molecule has 0 atom stereocenters. The highest BCUT2D eigenvalue weighted by molar-refractivity contribution is 8.25. The van der Waals surface area contributed by atoms with Gasteiger partial charge in [0, 0.05) is 22.6 Å². The van der Waals surface area contributed by atoms with Crippen LogP contribution >= 0.6 is 24.0 Å². The Balaban J connectivity index is 1.27. The molecule has 4 aliphatic carbocycles. The lowest BCUT2D eigenvalue weighted by atomic mass is 9.54. The fourth-order valence-electron chi connectivity index (χ4n) is 7.43. The molecular formula is C29H36N2O3S2. The van der Waals surface area contributed by atoms with Crippen molar-refractivity contribution in [3.05, 3.63) is 40.5 Å². The van der Waals surface area contributed by atoms with Crippen LogP contribution in [0.5, 0.6) is 11.5 Å². The zero-order chi connectivity index (χ0) is 24.8. The molecule has 1 aromatic heterocycles. The summed E-state index contributed by atoms with van der Waals surface area (Å²) in [7, 11) is 3.33. The average Bonchev–Trinajstić information content (AvgIpc) is 3.44. The summed E-state index contributed by atoms with van der Waals surface area (Å²) in [6.07, 6.45) is 11.2. The van der Waals surface area contributed by atoms with Crippen molar-refractivity contribution in [2.24, 2.45) is 29.4 Å². The lowest BCUT2D eigenvalue weighted by Gasteiger charge is -2.56. The van der Waals surface area contributed by atoms with Crippen molar-refractivity contribution in [2.75, 3.05) is 27.3 Å². The molecule has 0 spiro atoms. The van der Waals surface area contributed by atoms with Crippen LogP contribution in [0.15, 0.2) is 33.6 Å². The quantitative estimate of drug-likeness (QED) is 0.404. The van der Waals surface area contributed by atoms with Gasteiger partial charge in [-0.2, -0.15) is 0 Å². The molecule has 5 fully saturated rings. The highest BCUT2D eigenvalue weighted by Crippen LogP contribution is 2.56. The molecule has 1 aliphatic heterocycles. The zero-order valence-corrected chi connectivity index (χ0v) is 22.8. The number of ether oxygens (including phenoxy) is 2. The van der Waals surface area contributed by atoms with E-state index < -0.39 is 0 Å². The number of rotatable bonds is 8. The number of aryl methyl sites for hydroxylation is 1. The molecule has 2 N–H and O–H groups in total. The standard InChI is InChI=1S/C29H36N2O3S2/c1-32-23-11-20(12-24(14-23)33-2)26-13-19(4-3-5-30)27(34-26)15-25-16-31(29(35)36-25)28-21-7-17-6-18(9-21)10-22(28)8-17/h11-15,17-18,21-22,28H,3-10,16,30H2,1-2H3. The summed E-state index contributed by atoms with van der Waals surface area (Å²) >= 11 is 7.70. The second kappa shape index (κ2) is 10.1. The van der Waals surface area contributed by atoms with Gasteiger partial charge in [-0.05, 0) is 105 Å². The van der Waals surface area contributed by atoms with E-state index in [0.717, 1.165) is 76.0 Å². The molecule has 0 unspecified atom stereocenters. The van der Waals surface area contributed by atoms with E-state index in [-0.39, 0.29) is 0 Å². The van der Waals surface area contributed by atoms with Crippen molar-refractivity contribution in [1.82, 2.24) is 4.90 Å². The molecule has 36 heavy (non-hydrogen) atoms. The number of hydrogen-bond acceptors (Lipinski definition) is 6. The molecule has 7 rings (SSSR count). The first kappa shape index (κ1) is 24.4. The minimum absolute atomic E-state index is 0.636. The monoisotopic (exact) mass is 524 g/mol. The second-order valence-electron chi connectivity index (χ2n) is 11.0. The average molecular weight is 525 g/mol. The topological polar surface area (TPSA) is 60.9 Å². The van der Waals surface area contributed by atoms with E-state index >= 15 is 0 Å². The lowest BCUT2D eigenvalue weighted by Crippen LogP contribution is -2.55. The molecule has 1 saturated heterocycles. The van der Waals surface area contributed by atoms with Crippen molar-refractivity contribution in [3.63, 3.8) is 0 Å². The largest absolute Gasteiger partial charge is 0.497 e. The van der Waals surface area contributed by atoms with Gasteiger partial charge in [0.25, 0.3) is 0 Å². The van der Waals surface area contributed by atoms with Gasteiger partial charge in [-0.25, -0.2) is 0 Å². The van der Waals surface area contributed by atoms with Crippen molar-refractivity contribution >= 4 is 34.4 Å². The summed E-state index contributed by atoms with van der Waals surface area (Å²) < 4.78 is 18.5. The number of furan rings is 1. The van der Waals surface area contributed by atoms with Gasteiger partial charge >= 0.3 is 0 Å². The predicted molar refractivity (Wildman–Crippen MR) is 150 cm³/mol. The molecule has 1 aromatic carbocycles. The fraction of sp³-hybridized carbons (Fsp3) is 0.552. The molecule has 2 aromatic rings. The summed E-state index contributed by atoms with van der Waals surface area (Å²) in [5, 5.41) is 0. The summed E-state index contributed by atoms with van der Waals surface area (Å²) in [5.41, 5.74) is 7.98. The summed E-state index contributed by atoms with van der Waals surface area (Å²) in [6, 6.07) is 8.62. The molecule has 0 amide bonds. The third-order valence-electron chi connectivity index (χ3n) is 8.74. The van der Waals surface area contributed by atoms with Crippen molar-refractivity contribution in [3.8, 4) is 22.8 Å². The first-order valence-electron chi connectivity index (χ1n) is 13.3. The number of thioether (sulfide) groups is 1. The number of thiocarbonyl (C=S) groups is 1. The van der Waals surface area contributed by atoms with Gasteiger partial charge in [0.2, 0.25) is 0 Å². The second-order valence-corrected chi connectivity index (χ2v) is 12.8. The van der Waals surface area contributed by atoms with Gasteiger partial charge < -0.3 is 24.5 Å². The summed E-state index contributed by atoms with van der Waals surface area (Å²) in [5.74, 6) is 6.83. The van der Waals surface area contributed by atoms with Crippen LogP contribution in [0, 0.1) is 23.7 Å². The Kier molecular flexibility index (Phi) is 6.82. The van der Waals surface area contributed by atoms with Gasteiger partial charge in [0.1, 0.15) is 27.3 Å². The van der Waals surface area contributed by atoms with Crippen LogP contribution in [0.25, 0.3) is 17.4 Å². The highest BCUT2D eigenvalue weighted by atomic mass is 32.2. The van der Waals surface area contributed by atoms with Gasteiger partial charge in [0.15, 0.2) is 0 Å². The maximum atomic E-state index is 6.47. The van der Waals surface area contributed by atoms with E-state index in [1.807, 2.05) is 18.2 Å². The first-order chi connectivity index (χ1) is 17.5. The molecular weight excluding hydrogens is 488 g/mol. The van der Waals surface area contributed by atoms with Crippen LogP contribution in [0.1, 0.15) is 49.8 Å². The van der Waals surface area contributed by atoms with E-state index in [1.165, 1.54) is 42.6 Å². The number of nitrogens with zero attached hydrogens (tertiary/aromatic N) is 1. The van der Waals surface area contributed by atoms with Crippen molar-refractivity contribution in [1.29, 1.82) is 0 Å².